The summed E-state index contributed by atoms with van der Waals surface area (Å²) in [5.41, 5.74) is 5.52. The van der Waals surface area contributed by atoms with Gasteiger partial charge in [0.2, 0.25) is 0 Å². The van der Waals surface area contributed by atoms with Crippen molar-refractivity contribution in [2.24, 2.45) is 0 Å². The summed E-state index contributed by atoms with van der Waals surface area (Å²) in [6.07, 6.45) is 0. The van der Waals surface area contributed by atoms with Crippen LogP contribution in [0, 0.1) is 13.8 Å². The van der Waals surface area contributed by atoms with Crippen LogP contribution in [-0.2, 0) is 35.1 Å². The van der Waals surface area contributed by atoms with Crippen LogP contribution in [0.25, 0.3) is 0 Å². The van der Waals surface area contributed by atoms with Gasteiger partial charge >= 0.3 is 0 Å². The molecular formula is C34H36ClNO7S. The third-order valence-corrected chi connectivity index (χ3v) is 8.32. The number of ketones is 1. The summed E-state index contributed by atoms with van der Waals surface area (Å²) in [4.78, 5) is 13.1. The van der Waals surface area contributed by atoms with Crippen LogP contribution in [0.5, 0.6) is 0 Å². The number of carbonyl (C=O) groups excluding carboxylic acids is 1. The molecule has 8 nitrogen and oxygen atoms in total. The molecule has 0 spiro atoms. The standard InChI is InChI=1S/C34H36ClNO7S/c1-25-11-14-29(15-12-25)44(38,39)43-22-21-41-18-17-40-19-20-42-24-27-8-4-6-10-33(27)36-28-13-16-31(32(35)23-28)34(37)30-9-5-3-7-26(30)2/h3-16,23,36H,17-22,24H2,1-2H3. The van der Waals surface area contributed by atoms with Crippen molar-refractivity contribution in [2.75, 3.05) is 45.0 Å². The van der Waals surface area contributed by atoms with Crippen molar-refractivity contribution >= 4 is 38.9 Å². The molecule has 44 heavy (non-hydrogen) atoms. The maximum atomic E-state index is 13.0. The van der Waals surface area contributed by atoms with Gasteiger partial charge in [-0.3, -0.25) is 8.98 Å². The van der Waals surface area contributed by atoms with E-state index in [4.69, 9.17) is 30.0 Å². The third kappa shape index (κ3) is 9.72. The summed E-state index contributed by atoms with van der Waals surface area (Å²) in [5, 5.41) is 3.74. The molecule has 0 fully saturated rings. The van der Waals surface area contributed by atoms with E-state index in [1.165, 1.54) is 12.1 Å². The van der Waals surface area contributed by atoms with Crippen molar-refractivity contribution in [1.29, 1.82) is 0 Å². The van der Waals surface area contributed by atoms with Gasteiger partial charge in [0.1, 0.15) is 0 Å². The van der Waals surface area contributed by atoms with E-state index in [1.54, 1.807) is 30.3 Å². The van der Waals surface area contributed by atoms with Crippen LogP contribution in [0.4, 0.5) is 11.4 Å². The molecule has 4 aromatic carbocycles. The van der Waals surface area contributed by atoms with Gasteiger partial charge in [-0.1, -0.05) is 71.8 Å². The fourth-order valence-electron chi connectivity index (χ4n) is 4.27. The van der Waals surface area contributed by atoms with Gasteiger partial charge in [-0.25, -0.2) is 0 Å². The SMILES string of the molecule is Cc1ccc(S(=O)(=O)OCCOCCOCCOCc2ccccc2Nc2ccc(C(=O)c3ccccc3C)c(Cl)c2)cc1. The number of anilines is 2. The highest BCUT2D eigenvalue weighted by atomic mass is 35.5. The molecule has 0 aliphatic carbocycles. The lowest BCUT2D eigenvalue weighted by Gasteiger charge is -2.14. The monoisotopic (exact) mass is 637 g/mol. The van der Waals surface area contributed by atoms with Gasteiger partial charge in [-0.05, 0) is 55.8 Å². The zero-order chi connectivity index (χ0) is 31.4. The Morgan fingerprint density at radius 1 is 0.727 bits per heavy atom. The van der Waals surface area contributed by atoms with Gasteiger partial charge in [0, 0.05) is 28.1 Å². The molecule has 0 saturated heterocycles. The van der Waals surface area contributed by atoms with Crippen molar-refractivity contribution in [1.82, 2.24) is 0 Å². The Morgan fingerprint density at radius 2 is 1.36 bits per heavy atom. The van der Waals surface area contributed by atoms with Crippen molar-refractivity contribution in [2.45, 2.75) is 25.3 Å². The Bertz CT molecular complexity index is 1640. The largest absolute Gasteiger partial charge is 0.377 e. The van der Waals surface area contributed by atoms with Crippen LogP contribution in [0.2, 0.25) is 5.02 Å². The van der Waals surface area contributed by atoms with Crippen molar-refractivity contribution in [3.05, 3.63) is 124 Å². The Hall–Kier alpha value is -3.57. The minimum atomic E-state index is -3.80. The second-order valence-electron chi connectivity index (χ2n) is 9.99. The van der Waals surface area contributed by atoms with E-state index in [9.17, 15) is 13.2 Å². The second kappa shape index (κ2) is 16.5. The van der Waals surface area contributed by atoms with Gasteiger partial charge in [0.25, 0.3) is 10.1 Å². The molecule has 0 amide bonds. The normalized spacial score (nSPS) is 11.4. The molecule has 0 heterocycles. The number of carbonyl (C=O) groups is 1. The summed E-state index contributed by atoms with van der Waals surface area (Å²) in [5.74, 6) is -0.111. The summed E-state index contributed by atoms with van der Waals surface area (Å²) in [6.45, 7) is 5.62. The molecule has 0 bridgehead atoms. The third-order valence-electron chi connectivity index (χ3n) is 6.68. The number of ether oxygens (including phenoxy) is 3. The predicted molar refractivity (Wildman–Crippen MR) is 171 cm³/mol. The smallest absolute Gasteiger partial charge is 0.297 e. The lowest BCUT2D eigenvalue weighted by molar-refractivity contribution is 0.00636. The first-order valence-electron chi connectivity index (χ1n) is 14.2. The first-order valence-corrected chi connectivity index (χ1v) is 16.0. The van der Waals surface area contributed by atoms with Crippen LogP contribution in [0.15, 0.2) is 95.9 Å². The molecule has 0 aliphatic heterocycles. The second-order valence-corrected chi connectivity index (χ2v) is 12.0. The fraction of sp³-hybridized carbons (Fsp3) is 0.265. The fourth-order valence-corrected chi connectivity index (χ4v) is 5.43. The molecule has 0 atom stereocenters. The number of benzene rings is 4. The molecule has 0 radical (unpaired) electrons. The molecule has 4 aromatic rings. The van der Waals surface area contributed by atoms with Crippen molar-refractivity contribution < 1.29 is 31.6 Å². The van der Waals surface area contributed by atoms with E-state index in [-0.39, 0.29) is 23.9 Å². The molecule has 4 rings (SSSR count). The number of nitrogens with one attached hydrogen (secondary N) is 1. The number of rotatable bonds is 17. The average Bonchev–Trinajstić information content (AvgIpc) is 3.01. The maximum Gasteiger partial charge on any atom is 0.297 e. The zero-order valence-corrected chi connectivity index (χ0v) is 26.3. The summed E-state index contributed by atoms with van der Waals surface area (Å²) in [7, 11) is -3.80. The van der Waals surface area contributed by atoms with Gasteiger partial charge in [0.05, 0.1) is 56.2 Å². The first kappa shape index (κ1) is 33.3. The Labute approximate surface area is 264 Å². The number of aryl methyl sites for hydroxylation is 2. The van der Waals surface area contributed by atoms with Gasteiger partial charge in [0.15, 0.2) is 5.78 Å². The molecule has 0 aliphatic rings. The van der Waals surface area contributed by atoms with Crippen LogP contribution >= 0.6 is 11.6 Å². The lowest BCUT2D eigenvalue weighted by atomic mass is 9.99. The minimum absolute atomic E-state index is 0.0748. The van der Waals surface area contributed by atoms with E-state index >= 15 is 0 Å². The average molecular weight is 638 g/mol. The molecular weight excluding hydrogens is 602 g/mol. The highest BCUT2D eigenvalue weighted by Gasteiger charge is 2.16. The van der Waals surface area contributed by atoms with E-state index in [2.05, 4.69) is 5.32 Å². The van der Waals surface area contributed by atoms with Crippen LogP contribution in [0.1, 0.15) is 32.6 Å². The number of hydrogen-bond donors (Lipinski definition) is 1. The number of hydrogen-bond acceptors (Lipinski definition) is 8. The lowest BCUT2D eigenvalue weighted by Crippen LogP contribution is -2.14. The van der Waals surface area contributed by atoms with Gasteiger partial charge in [-0.15, -0.1) is 0 Å². The quantitative estimate of drug-likeness (QED) is 0.0759. The Balaban J connectivity index is 1.14. The Morgan fingerprint density at radius 3 is 2.07 bits per heavy atom. The van der Waals surface area contributed by atoms with E-state index in [1.807, 2.05) is 62.4 Å². The summed E-state index contributed by atoms with van der Waals surface area (Å²) in [6, 6.07) is 27.0. The number of para-hydroxylation sites is 1. The molecule has 10 heteroatoms. The van der Waals surface area contributed by atoms with Gasteiger partial charge < -0.3 is 19.5 Å². The van der Waals surface area contributed by atoms with Crippen molar-refractivity contribution in [3.63, 3.8) is 0 Å². The molecule has 0 saturated carbocycles. The van der Waals surface area contributed by atoms with Gasteiger partial charge in [-0.2, -0.15) is 8.42 Å². The minimum Gasteiger partial charge on any atom is -0.377 e. The van der Waals surface area contributed by atoms with E-state index in [0.29, 0.717) is 49.2 Å². The topological polar surface area (TPSA) is 100 Å². The maximum absolute atomic E-state index is 13.0. The predicted octanol–water partition coefficient (Wildman–Crippen LogP) is 6.89. The first-order chi connectivity index (χ1) is 21.2. The van der Waals surface area contributed by atoms with E-state index in [0.717, 1.165) is 28.1 Å². The molecule has 1 N–H and O–H groups in total. The summed E-state index contributed by atoms with van der Waals surface area (Å²) >= 11 is 6.52. The van der Waals surface area contributed by atoms with Crippen molar-refractivity contribution in [3.8, 4) is 0 Å². The van der Waals surface area contributed by atoms with Crippen LogP contribution in [0.3, 0.4) is 0 Å². The van der Waals surface area contributed by atoms with Crippen LogP contribution in [-0.4, -0.2) is 53.8 Å². The molecule has 0 unspecified atom stereocenters. The number of halogens is 1. The molecule has 0 aromatic heterocycles. The highest BCUT2D eigenvalue weighted by molar-refractivity contribution is 7.86. The molecule has 232 valence electrons. The Kier molecular flexibility index (Phi) is 12.5. The van der Waals surface area contributed by atoms with E-state index < -0.39 is 10.1 Å². The zero-order valence-electron chi connectivity index (χ0n) is 24.8. The highest BCUT2D eigenvalue weighted by Crippen LogP contribution is 2.28. The van der Waals surface area contributed by atoms with Crippen LogP contribution < -0.4 is 5.32 Å². The summed E-state index contributed by atoms with van der Waals surface area (Å²) < 4.78 is 46.1.